The van der Waals surface area contributed by atoms with Gasteiger partial charge in [-0.05, 0) is 29.8 Å². The summed E-state index contributed by atoms with van der Waals surface area (Å²) in [5.74, 6) is 7.38. The molecule has 0 aliphatic rings. The van der Waals surface area contributed by atoms with Gasteiger partial charge in [-0.2, -0.15) is 0 Å². The van der Waals surface area contributed by atoms with Crippen LogP contribution >= 0.6 is 11.8 Å². The molecule has 2 nitrogen and oxygen atoms in total. The standard InChI is InChI=1S/C17H16O2S/c1-19-16-9-4-10-17(12-16)20-13-15-7-3-2-6-14(15)8-5-11-18/h2-4,6-7,9-10,12,18H,11,13H2,1H3. The number of rotatable bonds is 4. The number of benzene rings is 2. The molecule has 0 heterocycles. The van der Waals surface area contributed by atoms with Gasteiger partial charge in [0.05, 0.1) is 7.11 Å². The van der Waals surface area contributed by atoms with Crippen molar-refractivity contribution in [1.82, 2.24) is 0 Å². The third-order valence-electron chi connectivity index (χ3n) is 2.76. The minimum atomic E-state index is -0.114. The first-order valence-corrected chi connectivity index (χ1v) is 7.26. The van der Waals surface area contributed by atoms with Crippen molar-refractivity contribution in [2.45, 2.75) is 10.6 Å². The van der Waals surface area contributed by atoms with E-state index in [9.17, 15) is 0 Å². The molecule has 3 heteroatoms. The molecule has 0 unspecified atom stereocenters. The Hall–Kier alpha value is -1.89. The van der Waals surface area contributed by atoms with Gasteiger partial charge in [0.15, 0.2) is 0 Å². The van der Waals surface area contributed by atoms with Crippen LogP contribution in [-0.4, -0.2) is 18.8 Å². The van der Waals surface area contributed by atoms with Crippen molar-refractivity contribution in [2.24, 2.45) is 0 Å². The third-order valence-corrected chi connectivity index (χ3v) is 3.80. The van der Waals surface area contributed by atoms with E-state index >= 15 is 0 Å². The smallest absolute Gasteiger partial charge is 0.119 e. The highest BCUT2D eigenvalue weighted by Gasteiger charge is 2.02. The summed E-state index contributed by atoms with van der Waals surface area (Å²) >= 11 is 1.74. The molecule has 2 rings (SSSR count). The fraction of sp³-hybridized carbons (Fsp3) is 0.176. The average Bonchev–Trinajstić information content (AvgIpc) is 2.52. The van der Waals surface area contributed by atoms with Crippen LogP contribution in [0.25, 0.3) is 0 Å². The molecule has 0 saturated carbocycles. The number of aliphatic hydroxyl groups is 1. The van der Waals surface area contributed by atoms with Gasteiger partial charge in [-0.1, -0.05) is 36.1 Å². The van der Waals surface area contributed by atoms with Gasteiger partial charge in [0, 0.05) is 16.2 Å². The first-order chi connectivity index (χ1) is 9.83. The Morgan fingerprint density at radius 1 is 1.15 bits per heavy atom. The number of methoxy groups -OCH3 is 1. The summed E-state index contributed by atoms with van der Waals surface area (Å²) in [5.41, 5.74) is 2.14. The SMILES string of the molecule is COc1cccc(SCc2ccccc2C#CCO)c1. The largest absolute Gasteiger partial charge is 0.497 e. The predicted molar refractivity (Wildman–Crippen MR) is 83.0 cm³/mol. The molecule has 0 fully saturated rings. The molecule has 102 valence electrons. The van der Waals surface area contributed by atoms with Crippen LogP contribution < -0.4 is 4.74 Å². The highest BCUT2D eigenvalue weighted by Crippen LogP contribution is 2.27. The van der Waals surface area contributed by atoms with Gasteiger partial charge < -0.3 is 9.84 Å². The van der Waals surface area contributed by atoms with E-state index in [1.807, 2.05) is 36.4 Å². The van der Waals surface area contributed by atoms with Gasteiger partial charge in [-0.3, -0.25) is 0 Å². The fourth-order valence-electron chi connectivity index (χ4n) is 1.75. The minimum absolute atomic E-state index is 0.114. The van der Waals surface area contributed by atoms with Gasteiger partial charge in [0.2, 0.25) is 0 Å². The maximum atomic E-state index is 8.79. The highest BCUT2D eigenvalue weighted by molar-refractivity contribution is 7.98. The summed E-state index contributed by atoms with van der Waals surface area (Å²) < 4.78 is 5.22. The number of thioether (sulfide) groups is 1. The predicted octanol–water partition coefficient (Wildman–Crippen LogP) is 3.33. The van der Waals surface area contributed by atoms with Gasteiger partial charge in [-0.15, -0.1) is 11.8 Å². The van der Waals surface area contributed by atoms with Crippen molar-refractivity contribution < 1.29 is 9.84 Å². The lowest BCUT2D eigenvalue weighted by atomic mass is 10.1. The molecule has 0 aromatic heterocycles. The summed E-state index contributed by atoms with van der Waals surface area (Å²) in [7, 11) is 1.67. The van der Waals surface area contributed by atoms with E-state index in [1.165, 1.54) is 5.56 Å². The number of ether oxygens (including phenoxy) is 1. The Bertz CT molecular complexity index is 626. The van der Waals surface area contributed by atoms with Crippen molar-refractivity contribution in [3.63, 3.8) is 0 Å². The Morgan fingerprint density at radius 2 is 2.00 bits per heavy atom. The van der Waals surface area contributed by atoms with Crippen LogP contribution in [0.2, 0.25) is 0 Å². The van der Waals surface area contributed by atoms with Crippen molar-refractivity contribution >= 4 is 11.8 Å². The summed E-state index contributed by atoms with van der Waals surface area (Å²) in [6, 6.07) is 16.0. The molecule has 0 atom stereocenters. The lowest BCUT2D eigenvalue weighted by molar-refractivity contribution is 0.350. The average molecular weight is 284 g/mol. The molecule has 0 bridgehead atoms. The molecule has 0 saturated heterocycles. The summed E-state index contributed by atoms with van der Waals surface area (Å²) in [5, 5.41) is 8.79. The van der Waals surface area contributed by atoms with Crippen LogP contribution in [0.15, 0.2) is 53.4 Å². The molecule has 0 aliphatic carbocycles. The maximum Gasteiger partial charge on any atom is 0.119 e. The quantitative estimate of drug-likeness (QED) is 0.690. The normalized spacial score (nSPS) is 9.70. The molecular weight excluding hydrogens is 268 g/mol. The third kappa shape index (κ3) is 4.06. The molecular formula is C17H16O2S. The Morgan fingerprint density at radius 3 is 2.80 bits per heavy atom. The highest BCUT2D eigenvalue weighted by atomic mass is 32.2. The first kappa shape index (κ1) is 14.5. The lowest BCUT2D eigenvalue weighted by Gasteiger charge is -2.06. The molecule has 1 N–H and O–H groups in total. The zero-order chi connectivity index (χ0) is 14.2. The fourth-order valence-corrected chi connectivity index (χ4v) is 2.70. The van der Waals surface area contributed by atoms with Crippen molar-refractivity contribution in [1.29, 1.82) is 0 Å². The Balaban J connectivity index is 2.10. The molecule has 2 aromatic rings. The molecule has 20 heavy (non-hydrogen) atoms. The van der Waals surface area contributed by atoms with E-state index in [1.54, 1.807) is 18.9 Å². The van der Waals surface area contributed by atoms with E-state index in [-0.39, 0.29) is 6.61 Å². The molecule has 0 radical (unpaired) electrons. The molecule has 2 aromatic carbocycles. The number of hydrogen-bond acceptors (Lipinski definition) is 3. The lowest BCUT2D eigenvalue weighted by Crippen LogP contribution is -1.88. The topological polar surface area (TPSA) is 29.5 Å². The summed E-state index contributed by atoms with van der Waals surface area (Å²) in [6.45, 7) is -0.114. The van der Waals surface area contributed by atoms with Crippen LogP contribution in [0.1, 0.15) is 11.1 Å². The number of hydrogen-bond donors (Lipinski definition) is 1. The van der Waals surface area contributed by atoms with E-state index < -0.39 is 0 Å². The van der Waals surface area contributed by atoms with Gasteiger partial charge in [0.1, 0.15) is 12.4 Å². The summed E-state index contributed by atoms with van der Waals surface area (Å²) in [6.07, 6.45) is 0. The molecule has 0 spiro atoms. The second kappa shape index (κ2) is 7.64. The summed E-state index contributed by atoms with van der Waals surface area (Å²) in [4.78, 5) is 1.16. The zero-order valence-corrected chi connectivity index (χ0v) is 12.1. The number of aliphatic hydroxyl groups excluding tert-OH is 1. The first-order valence-electron chi connectivity index (χ1n) is 6.28. The van der Waals surface area contributed by atoms with E-state index in [4.69, 9.17) is 9.84 Å². The Kier molecular flexibility index (Phi) is 5.55. The zero-order valence-electron chi connectivity index (χ0n) is 11.3. The maximum absolute atomic E-state index is 8.79. The van der Waals surface area contributed by atoms with Gasteiger partial charge >= 0.3 is 0 Å². The second-order valence-electron chi connectivity index (χ2n) is 4.08. The Labute approximate surface area is 123 Å². The van der Waals surface area contributed by atoms with Crippen molar-refractivity contribution in [3.05, 3.63) is 59.7 Å². The van der Waals surface area contributed by atoms with Crippen LogP contribution in [0.3, 0.4) is 0 Å². The monoisotopic (exact) mass is 284 g/mol. The van der Waals surface area contributed by atoms with Crippen LogP contribution in [0.4, 0.5) is 0 Å². The second-order valence-corrected chi connectivity index (χ2v) is 5.13. The van der Waals surface area contributed by atoms with Crippen molar-refractivity contribution in [2.75, 3.05) is 13.7 Å². The van der Waals surface area contributed by atoms with E-state index in [0.29, 0.717) is 0 Å². The molecule has 0 aliphatic heterocycles. The van der Waals surface area contributed by atoms with Gasteiger partial charge in [-0.25, -0.2) is 0 Å². The van der Waals surface area contributed by atoms with Crippen LogP contribution in [0, 0.1) is 11.8 Å². The minimum Gasteiger partial charge on any atom is -0.497 e. The van der Waals surface area contributed by atoms with Crippen LogP contribution in [0.5, 0.6) is 5.75 Å². The van der Waals surface area contributed by atoms with E-state index in [2.05, 4.69) is 24.0 Å². The van der Waals surface area contributed by atoms with E-state index in [0.717, 1.165) is 22.0 Å². The van der Waals surface area contributed by atoms with Crippen molar-refractivity contribution in [3.8, 4) is 17.6 Å². The molecule has 0 amide bonds. The van der Waals surface area contributed by atoms with Gasteiger partial charge in [0.25, 0.3) is 0 Å². The van der Waals surface area contributed by atoms with Crippen LogP contribution in [-0.2, 0) is 5.75 Å².